The van der Waals surface area contributed by atoms with Gasteiger partial charge in [0.1, 0.15) is 5.82 Å². The van der Waals surface area contributed by atoms with E-state index in [-0.39, 0.29) is 18.2 Å². The molecule has 1 rings (SSSR count). The minimum absolute atomic E-state index is 0.0362. The first-order chi connectivity index (χ1) is 7.63. The van der Waals surface area contributed by atoms with Crippen LogP contribution in [0.4, 0.5) is 0 Å². The van der Waals surface area contributed by atoms with E-state index in [0.717, 1.165) is 0 Å². The van der Waals surface area contributed by atoms with Crippen LogP contribution in [0.15, 0.2) is 0 Å². The Morgan fingerprint density at radius 2 is 2.25 bits per heavy atom. The topological polar surface area (TPSA) is 108 Å². The van der Waals surface area contributed by atoms with Crippen molar-refractivity contribution in [3.05, 3.63) is 11.6 Å². The van der Waals surface area contributed by atoms with Crippen LogP contribution < -0.4 is 5.32 Å². The lowest BCUT2D eigenvalue weighted by Crippen LogP contribution is -2.26. The number of amides is 1. The Hall–Kier alpha value is -1.92. The first-order valence-electron chi connectivity index (χ1n) is 5.04. The molecule has 16 heavy (non-hydrogen) atoms. The van der Waals surface area contributed by atoms with E-state index < -0.39 is 5.97 Å². The molecule has 0 fully saturated rings. The monoisotopic (exact) mass is 226 g/mol. The van der Waals surface area contributed by atoms with Gasteiger partial charge in [0, 0.05) is 19.4 Å². The summed E-state index contributed by atoms with van der Waals surface area (Å²) in [5.41, 5.74) is 0. The lowest BCUT2D eigenvalue weighted by atomic mass is 10.3. The van der Waals surface area contributed by atoms with Gasteiger partial charge < -0.3 is 10.4 Å². The number of hydrogen-bond acceptors (Lipinski definition) is 4. The first-order valence-corrected chi connectivity index (χ1v) is 5.04. The van der Waals surface area contributed by atoms with Gasteiger partial charge >= 0.3 is 5.97 Å². The number of carbonyl (C=O) groups is 2. The molecule has 0 bridgehead atoms. The minimum Gasteiger partial charge on any atom is -0.481 e. The second-order valence-corrected chi connectivity index (χ2v) is 3.21. The van der Waals surface area contributed by atoms with Crippen LogP contribution in [-0.2, 0) is 11.2 Å². The molecular weight excluding hydrogens is 212 g/mol. The molecule has 88 valence electrons. The van der Waals surface area contributed by atoms with Gasteiger partial charge in [-0.3, -0.25) is 14.7 Å². The quantitative estimate of drug-likeness (QED) is 0.590. The number of carboxylic acids is 1. The number of H-pyrrole nitrogens is 1. The van der Waals surface area contributed by atoms with Crippen LogP contribution in [0.5, 0.6) is 0 Å². The van der Waals surface area contributed by atoms with Crippen molar-refractivity contribution >= 4 is 11.9 Å². The maximum Gasteiger partial charge on any atom is 0.303 e. The van der Waals surface area contributed by atoms with Crippen molar-refractivity contribution in [2.45, 2.75) is 26.2 Å². The molecule has 0 aliphatic rings. The van der Waals surface area contributed by atoms with Gasteiger partial charge in [-0.2, -0.15) is 0 Å². The van der Waals surface area contributed by atoms with Crippen molar-refractivity contribution < 1.29 is 14.7 Å². The highest BCUT2D eigenvalue weighted by Crippen LogP contribution is 1.94. The largest absolute Gasteiger partial charge is 0.481 e. The Bertz CT molecular complexity index is 375. The molecule has 1 aromatic rings. The number of carbonyl (C=O) groups excluding carboxylic acids is 1. The van der Waals surface area contributed by atoms with Crippen molar-refractivity contribution in [3.8, 4) is 0 Å². The van der Waals surface area contributed by atoms with Gasteiger partial charge in [-0.1, -0.05) is 6.92 Å². The Kier molecular flexibility index (Phi) is 4.43. The summed E-state index contributed by atoms with van der Waals surface area (Å²) in [7, 11) is 0. The summed E-state index contributed by atoms with van der Waals surface area (Å²) in [5.74, 6) is -0.524. The number of hydrogen-bond donors (Lipinski definition) is 3. The fourth-order valence-corrected chi connectivity index (χ4v) is 1.08. The van der Waals surface area contributed by atoms with Crippen LogP contribution >= 0.6 is 0 Å². The predicted octanol–water partition coefficient (Wildman–Crippen LogP) is -0.0383. The number of nitrogens with one attached hydrogen (secondary N) is 2. The third-order valence-electron chi connectivity index (χ3n) is 1.92. The third kappa shape index (κ3) is 3.68. The molecule has 0 saturated carbocycles. The highest BCUT2D eigenvalue weighted by atomic mass is 16.4. The number of rotatable bonds is 6. The second-order valence-electron chi connectivity index (χ2n) is 3.21. The van der Waals surface area contributed by atoms with E-state index in [2.05, 4.69) is 20.5 Å². The van der Waals surface area contributed by atoms with Gasteiger partial charge in [0.25, 0.3) is 5.91 Å². The van der Waals surface area contributed by atoms with Gasteiger partial charge in [-0.05, 0) is 6.42 Å². The molecule has 1 aromatic heterocycles. The van der Waals surface area contributed by atoms with Gasteiger partial charge in [0.15, 0.2) is 0 Å². The Morgan fingerprint density at radius 1 is 1.50 bits per heavy atom. The van der Waals surface area contributed by atoms with Gasteiger partial charge in [-0.15, -0.1) is 5.10 Å². The van der Waals surface area contributed by atoms with Gasteiger partial charge in [0.05, 0.1) is 0 Å². The number of nitrogens with zero attached hydrogens (tertiary/aromatic N) is 2. The van der Waals surface area contributed by atoms with E-state index in [0.29, 0.717) is 25.2 Å². The van der Waals surface area contributed by atoms with Crippen molar-refractivity contribution in [3.63, 3.8) is 0 Å². The van der Waals surface area contributed by atoms with E-state index in [1.54, 1.807) is 0 Å². The normalized spacial score (nSPS) is 10.1. The summed E-state index contributed by atoms with van der Waals surface area (Å²) >= 11 is 0. The molecule has 7 nitrogen and oxygen atoms in total. The molecule has 0 aromatic carbocycles. The molecule has 0 aliphatic heterocycles. The van der Waals surface area contributed by atoms with Crippen LogP contribution in [0.25, 0.3) is 0 Å². The fraction of sp³-hybridized carbons (Fsp3) is 0.556. The van der Waals surface area contributed by atoms with Crippen molar-refractivity contribution in [1.29, 1.82) is 0 Å². The van der Waals surface area contributed by atoms with Crippen molar-refractivity contribution in [2.75, 3.05) is 6.54 Å². The zero-order valence-corrected chi connectivity index (χ0v) is 8.99. The Morgan fingerprint density at radius 3 is 2.81 bits per heavy atom. The number of aromatic amines is 1. The van der Waals surface area contributed by atoms with E-state index in [1.807, 2.05) is 6.92 Å². The lowest BCUT2D eigenvalue weighted by molar-refractivity contribution is -0.137. The summed E-state index contributed by atoms with van der Waals surface area (Å²) in [5, 5.41) is 17.3. The second kappa shape index (κ2) is 5.84. The zero-order chi connectivity index (χ0) is 12.0. The molecule has 7 heteroatoms. The fourth-order valence-electron chi connectivity index (χ4n) is 1.08. The summed E-state index contributed by atoms with van der Waals surface area (Å²) in [6.07, 6.45) is 1.11. The van der Waals surface area contributed by atoms with E-state index >= 15 is 0 Å². The summed E-state index contributed by atoms with van der Waals surface area (Å²) in [4.78, 5) is 25.6. The molecular formula is C9H14N4O3. The van der Waals surface area contributed by atoms with Crippen LogP contribution in [0.3, 0.4) is 0 Å². The molecule has 0 radical (unpaired) electrons. The SMILES string of the molecule is CCc1nc(C(=O)NCCCC(=O)O)n[nH]1. The maximum atomic E-state index is 11.4. The lowest BCUT2D eigenvalue weighted by Gasteiger charge is -1.99. The highest BCUT2D eigenvalue weighted by molar-refractivity contribution is 5.90. The Balaban J connectivity index is 2.32. The van der Waals surface area contributed by atoms with Crippen molar-refractivity contribution in [1.82, 2.24) is 20.5 Å². The van der Waals surface area contributed by atoms with Gasteiger partial charge in [-0.25, -0.2) is 4.98 Å². The van der Waals surface area contributed by atoms with E-state index in [1.165, 1.54) is 0 Å². The molecule has 0 aliphatic carbocycles. The van der Waals surface area contributed by atoms with E-state index in [4.69, 9.17) is 5.11 Å². The van der Waals surface area contributed by atoms with Crippen LogP contribution in [0.1, 0.15) is 36.2 Å². The molecule has 0 atom stereocenters. The molecule has 0 spiro atoms. The number of carboxylic acid groups (broad SMARTS) is 1. The highest BCUT2D eigenvalue weighted by Gasteiger charge is 2.10. The average Bonchev–Trinajstić information content (AvgIpc) is 2.72. The van der Waals surface area contributed by atoms with Crippen LogP contribution in [-0.4, -0.2) is 38.7 Å². The van der Waals surface area contributed by atoms with Crippen molar-refractivity contribution in [2.24, 2.45) is 0 Å². The molecule has 3 N–H and O–H groups in total. The number of aromatic nitrogens is 3. The smallest absolute Gasteiger partial charge is 0.303 e. The summed E-state index contributed by atoms with van der Waals surface area (Å²) in [6, 6.07) is 0. The van der Waals surface area contributed by atoms with Gasteiger partial charge in [0.2, 0.25) is 5.82 Å². The summed E-state index contributed by atoms with van der Waals surface area (Å²) < 4.78 is 0. The number of aliphatic carboxylic acids is 1. The third-order valence-corrected chi connectivity index (χ3v) is 1.92. The van der Waals surface area contributed by atoms with Crippen LogP contribution in [0.2, 0.25) is 0 Å². The Labute approximate surface area is 92.3 Å². The first kappa shape index (κ1) is 12.2. The minimum atomic E-state index is -0.875. The molecule has 1 amide bonds. The summed E-state index contributed by atoms with van der Waals surface area (Å²) in [6.45, 7) is 2.20. The van der Waals surface area contributed by atoms with E-state index in [9.17, 15) is 9.59 Å². The average molecular weight is 226 g/mol. The predicted molar refractivity (Wildman–Crippen MR) is 55.0 cm³/mol. The number of aryl methyl sites for hydroxylation is 1. The standard InChI is InChI=1S/C9H14N4O3/c1-2-6-11-8(13-12-6)9(16)10-5-3-4-7(14)15/h2-5H2,1H3,(H,10,16)(H,14,15)(H,11,12,13). The van der Waals surface area contributed by atoms with Crippen LogP contribution in [0, 0.1) is 0 Å². The molecule has 0 saturated heterocycles. The zero-order valence-electron chi connectivity index (χ0n) is 8.99. The molecule has 0 unspecified atom stereocenters. The molecule has 1 heterocycles. The maximum absolute atomic E-state index is 11.4.